The standard InChI is InChI=1S/C20H25NO3/c1-3-4-16-7-11-19(12-8-16)24-15-20(22)21-14-13-17-5-9-18(23-2)10-6-17/h5-12H,3-4,13-15H2,1-2H3,(H,21,22). The first-order valence-electron chi connectivity index (χ1n) is 8.32. The predicted molar refractivity (Wildman–Crippen MR) is 95.6 cm³/mol. The second-order valence-corrected chi connectivity index (χ2v) is 5.63. The molecule has 2 rings (SSSR count). The summed E-state index contributed by atoms with van der Waals surface area (Å²) in [5.41, 5.74) is 2.44. The molecule has 0 aliphatic heterocycles. The third-order valence-corrected chi connectivity index (χ3v) is 3.73. The van der Waals surface area contributed by atoms with Crippen molar-refractivity contribution >= 4 is 5.91 Å². The molecule has 0 aliphatic rings. The van der Waals surface area contributed by atoms with Gasteiger partial charge in [-0.2, -0.15) is 0 Å². The Kier molecular flexibility index (Phi) is 7.15. The highest BCUT2D eigenvalue weighted by Gasteiger charge is 2.03. The molecule has 0 aliphatic carbocycles. The minimum atomic E-state index is -0.110. The summed E-state index contributed by atoms with van der Waals surface area (Å²) >= 11 is 0. The van der Waals surface area contributed by atoms with Gasteiger partial charge in [-0.05, 0) is 48.2 Å². The number of nitrogens with one attached hydrogen (secondary N) is 1. The molecule has 0 saturated heterocycles. The first-order chi connectivity index (χ1) is 11.7. The molecule has 128 valence electrons. The number of rotatable bonds is 9. The summed E-state index contributed by atoms with van der Waals surface area (Å²) in [7, 11) is 1.65. The van der Waals surface area contributed by atoms with E-state index in [2.05, 4.69) is 12.2 Å². The lowest BCUT2D eigenvalue weighted by molar-refractivity contribution is -0.123. The molecule has 2 aromatic rings. The van der Waals surface area contributed by atoms with E-state index in [1.165, 1.54) is 5.56 Å². The molecule has 1 N–H and O–H groups in total. The molecule has 24 heavy (non-hydrogen) atoms. The summed E-state index contributed by atoms with van der Waals surface area (Å²) in [4.78, 5) is 11.8. The number of amides is 1. The number of carbonyl (C=O) groups excluding carboxylic acids is 1. The molecule has 4 heteroatoms. The van der Waals surface area contributed by atoms with Crippen molar-refractivity contribution < 1.29 is 14.3 Å². The Morgan fingerprint density at radius 2 is 1.50 bits per heavy atom. The molecule has 0 atom stereocenters. The van der Waals surface area contributed by atoms with Gasteiger partial charge in [0.1, 0.15) is 11.5 Å². The van der Waals surface area contributed by atoms with Gasteiger partial charge in [0.2, 0.25) is 0 Å². The molecule has 0 saturated carbocycles. The minimum Gasteiger partial charge on any atom is -0.497 e. The fourth-order valence-electron chi connectivity index (χ4n) is 2.38. The van der Waals surface area contributed by atoms with Crippen molar-refractivity contribution in [1.82, 2.24) is 5.32 Å². The molecule has 0 radical (unpaired) electrons. The van der Waals surface area contributed by atoms with Gasteiger partial charge in [-0.25, -0.2) is 0 Å². The smallest absolute Gasteiger partial charge is 0.257 e. The van der Waals surface area contributed by atoms with E-state index in [4.69, 9.17) is 9.47 Å². The van der Waals surface area contributed by atoms with E-state index in [0.29, 0.717) is 6.54 Å². The molecule has 2 aromatic carbocycles. The predicted octanol–water partition coefficient (Wildman–Crippen LogP) is 3.39. The normalized spacial score (nSPS) is 10.2. The van der Waals surface area contributed by atoms with Crippen molar-refractivity contribution in [2.24, 2.45) is 0 Å². The van der Waals surface area contributed by atoms with Crippen molar-refractivity contribution in [3.63, 3.8) is 0 Å². The lowest BCUT2D eigenvalue weighted by Crippen LogP contribution is -2.30. The van der Waals surface area contributed by atoms with E-state index in [-0.39, 0.29) is 12.5 Å². The van der Waals surface area contributed by atoms with Crippen LogP contribution in [0.5, 0.6) is 11.5 Å². The van der Waals surface area contributed by atoms with Crippen molar-refractivity contribution in [1.29, 1.82) is 0 Å². The number of ether oxygens (including phenoxy) is 2. The largest absolute Gasteiger partial charge is 0.497 e. The van der Waals surface area contributed by atoms with E-state index < -0.39 is 0 Å². The SMILES string of the molecule is CCCc1ccc(OCC(=O)NCCc2ccc(OC)cc2)cc1. The molecular weight excluding hydrogens is 302 g/mol. The van der Waals surface area contributed by atoms with Gasteiger partial charge in [-0.1, -0.05) is 37.6 Å². The molecule has 0 aromatic heterocycles. The Labute approximate surface area is 143 Å². The van der Waals surface area contributed by atoms with Gasteiger partial charge in [0.15, 0.2) is 6.61 Å². The molecule has 0 fully saturated rings. The monoisotopic (exact) mass is 327 g/mol. The third-order valence-electron chi connectivity index (χ3n) is 3.73. The molecule has 1 amide bonds. The van der Waals surface area contributed by atoms with Crippen LogP contribution < -0.4 is 14.8 Å². The highest BCUT2D eigenvalue weighted by atomic mass is 16.5. The maximum atomic E-state index is 11.8. The van der Waals surface area contributed by atoms with Crippen molar-refractivity contribution in [2.75, 3.05) is 20.3 Å². The van der Waals surface area contributed by atoms with Gasteiger partial charge in [-0.3, -0.25) is 4.79 Å². The summed E-state index contributed by atoms with van der Waals surface area (Å²) in [5.74, 6) is 1.45. The fourth-order valence-corrected chi connectivity index (χ4v) is 2.38. The van der Waals surface area contributed by atoms with Gasteiger partial charge >= 0.3 is 0 Å². The molecule has 4 nitrogen and oxygen atoms in total. The summed E-state index contributed by atoms with van der Waals surface area (Å²) < 4.78 is 10.6. The topological polar surface area (TPSA) is 47.6 Å². The zero-order valence-electron chi connectivity index (χ0n) is 14.4. The van der Waals surface area contributed by atoms with Crippen LogP contribution in [-0.4, -0.2) is 26.2 Å². The Hall–Kier alpha value is -2.49. The zero-order valence-corrected chi connectivity index (χ0v) is 14.4. The van der Waals surface area contributed by atoms with Gasteiger partial charge in [0.05, 0.1) is 7.11 Å². The summed E-state index contributed by atoms with van der Waals surface area (Å²) in [5, 5.41) is 2.87. The number of hydrogen-bond acceptors (Lipinski definition) is 3. The Balaban J connectivity index is 1.67. The molecule has 0 unspecified atom stereocenters. The Bertz CT molecular complexity index is 620. The second-order valence-electron chi connectivity index (χ2n) is 5.63. The molecular formula is C20H25NO3. The van der Waals surface area contributed by atoms with E-state index in [0.717, 1.165) is 36.3 Å². The van der Waals surface area contributed by atoms with Crippen molar-refractivity contribution in [2.45, 2.75) is 26.2 Å². The average Bonchev–Trinajstić information content (AvgIpc) is 2.62. The van der Waals surface area contributed by atoms with Crippen LogP contribution in [0.3, 0.4) is 0 Å². The van der Waals surface area contributed by atoms with Gasteiger partial charge in [0, 0.05) is 6.54 Å². The third kappa shape index (κ3) is 5.95. The van der Waals surface area contributed by atoms with Crippen LogP contribution in [0, 0.1) is 0 Å². The van der Waals surface area contributed by atoms with E-state index >= 15 is 0 Å². The van der Waals surface area contributed by atoms with Crippen molar-refractivity contribution in [3.05, 3.63) is 59.7 Å². The minimum absolute atomic E-state index is 0.0374. The Morgan fingerprint density at radius 3 is 2.08 bits per heavy atom. The second kappa shape index (κ2) is 9.60. The summed E-state index contributed by atoms with van der Waals surface area (Å²) in [6, 6.07) is 15.7. The number of carbonyl (C=O) groups is 1. The quantitative estimate of drug-likeness (QED) is 0.768. The van der Waals surface area contributed by atoms with Crippen molar-refractivity contribution in [3.8, 4) is 11.5 Å². The van der Waals surface area contributed by atoms with E-state index in [1.54, 1.807) is 7.11 Å². The average molecular weight is 327 g/mol. The number of aryl methyl sites for hydroxylation is 1. The molecule has 0 heterocycles. The lowest BCUT2D eigenvalue weighted by Gasteiger charge is -2.08. The summed E-state index contributed by atoms with van der Waals surface area (Å²) in [6.45, 7) is 2.78. The van der Waals surface area contributed by atoms with Crippen LogP contribution >= 0.6 is 0 Å². The highest BCUT2D eigenvalue weighted by molar-refractivity contribution is 5.77. The van der Waals surface area contributed by atoms with Gasteiger partial charge in [-0.15, -0.1) is 0 Å². The zero-order chi connectivity index (χ0) is 17.2. The van der Waals surface area contributed by atoms with Gasteiger partial charge < -0.3 is 14.8 Å². The number of benzene rings is 2. The van der Waals surface area contributed by atoms with E-state index in [9.17, 15) is 4.79 Å². The number of methoxy groups -OCH3 is 1. The van der Waals surface area contributed by atoms with E-state index in [1.807, 2.05) is 48.5 Å². The Morgan fingerprint density at radius 1 is 0.917 bits per heavy atom. The van der Waals surface area contributed by atoms with Crippen LogP contribution in [0.15, 0.2) is 48.5 Å². The van der Waals surface area contributed by atoms with Crippen LogP contribution in [0.2, 0.25) is 0 Å². The van der Waals surface area contributed by atoms with Crippen LogP contribution in [0.1, 0.15) is 24.5 Å². The fraction of sp³-hybridized carbons (Fsp3) is 0.350. The molecule has 0 bridgehead atoms. The molecule has 0 spiro atoms. The lowest BCUT2D eigenvalue weighted by atomic mass is 10.1. The highest BCUT2D eigenvalue weighted by Crippen LogP contribution is 2.13. The maximum Gasteiger partial charge on any atom is 0.257 e. The van der Waals surface area contributed by atoms with Crippen LogP contribution in [0.4, 0.5) is 0 Å². The first-order valence-corrected chi connectivity index (χ1v) is 8.32. The maximum absolute atomic E-state index is 11.8. The van der Waals surface area contributed by atoms with Gasteiger partial charge in [0.25, 0.3) is 5.91 Å². The summed E-state index contributed by atoms with van der Waals surface area (Å²) in [6.07, 6.45) is 2.96. The van der Waals surface area contributed by atoms with Crippen LogP contribution in [-0.2, 0) is 17.6 Å². The van der Waals surface area contributed by atoms with Crippen LogP contribution in [0.25, 0.3) is 0 Å². The number of hydrogen-bond donors (Lipinski definition) is 1. The first kappa shape index (κ1) is 17.9.